The molecule has 1 aromatic heterocycles. The van der Waals surface area contributed by atoms with Gasteiger partial charge in [0.2, 0.25) is 10.0 Å². The molecule has 0 radical (unpaired) electrons. The topological polar surface area (TPSA) is 79.4 Å². The standard InChI is InChI=1S/C17H18ClN3O3S/c18-13-4-9-16(19-12-13)17(22)20-14-5-7-15(8-6-14)25(23,24)21-10-2-1-3-11-21/h4-9,12H,1-3,10-11H2,(H,20,22). The van der Waals surface area contributed by atoms with E-state index in [1.165, 1.54) is 28.7 Å². The molecule has 2 heterocycles. The summed E-state index contributed by atoms with van der Waals surface area (Å²) in [5.41, 5.74) is 0.730. The minimum absolute atomic E-state index is 0.231. The highest BCUT2D eigenvalue weighted by molar-refractivity contribution is 7.89. The average Bonchev–Trinajstić information content (AvgIpc) is 2.63. The summed E-state index contributed by atoms with van der Waals surface area (Å²) in [4.78, 5) is 16.3. The van der Waals surface area contributed by atoms with Gasteiger partial charge in [-0.25, -0.2) is 13.4 Å². The third kappa shape index (κ3) is 4.18. The Labute approximate surface area is 151 Å². The fourth-order valence-corrected chi connectivity index (χ4v) is 4.30. The zero-order chi connectivity index (χ0) is 17.9. The summed E-state index contributed by atoms with van der Waals surface area (Å²) in [6.45, 7) is 1.12. The quantitative estimate of drug-likeness (QED) is 0.884. The van der Waals surface area contributed by atoms with E-state index in [1.54, 1.807) is 18.2 Å². The van der Waals surface area contributed by atoms with Gasteiger partial charge in [-0.2, -0.15) is 4.31 Å². The van der Waals surface area contributed by atoms with E-state index in [4.69, 9.17) is 11.6 Å². The lowest BCUT2D eigenvalue weighted by atomic mass is 10.2. The number of pyridine rings is 1. The van der Waals surface area contributed by atoms with Crippen LogP contribution in [0.15, 0.2) is 47.5 Å². The van der Waals surface area contributed by atoms with Gasteiger partial charge < -0.3 is 5.32 Å². The largest absolute Gasteiger partial charge is 0.321 e. The Hall–Kier alpha value is -1.96. The Morgan fingerprint density at radius 2 is 1.72 bits per heavy atom. The number of hydrogen-bond donors (Lipinski definition) is 1. The third-order valence-corrected chi connectivity index (χ3v) is 6.16. The van der Waals surface area contributed by atoms with Crippen molar-refractivity contribution in [2.24, 2.45) is 0 Å². The smallest absolute Gasteiger partial charge is 0.274 e. The average molecular weight is 380 g/mol. The van der Waals surface area contributed by atoms with Crippen molar-refractivity contribution in [2.45, 2.75) is 24.2 Å². The number of rotatable bonds is 4. The van der Waals surface area contributed by atoms with E-state index < -0.39 is 10.0 Å². The first-order chi connectivity index (χ1) is 12.0. The van der Waals surface area contributed by atoms with Crippen molar-refractivity contribution >= 4 is 33.2 Å². The van der Waals surface area contributed by atoms with Gasteiger partial charge in [0, 0.05) is 25.0 Å². The lowest BCUT2D eigenvalue weighted by molar-refractivity contribution is 0.102. The number of hydrogen-bond acceptors (Lipinski definition) is 4. The van der Waals surface area contributed by atoms with E-state index in [1.807, 2.05) is 0 Å². The highest BCUT2D eigenvalue weighted by Crippen LogP contribution is 2.22. The van der Waals surface area contributed by atoms with Crippen molar-refractivity contribution < 1.29 is 13.2 Å². The van der Waals surface area contributed by atoms with Crippen LogP contribution in [-0.2, 0) is 10.0 Å². The van der Waals surface area contributed by atoms with Crippen LogP contribution in [0.2, 0.25) is 5.02 Å². The van der Waals surface area contributed by atoms with Crippen LogP contribution in [0.4, 0.5) is 5.69 Å². The first-order valence-corrected chi connectivity index (χ1v) is 9.82. The number of carbonyl (C=O) groups excluding carboxylic acids is 1. The molecular formula is C17H18ClN3O3S. The Balaban J connectivity index is 1.71. The van der Waals surface area contributed by atoms with Gasteiger partial charge in [0.1, 0.15) is 5.69 Å². The van der Waals surface area contributed by atoms with Gasteiger partial charge in [-0.3, -0.25) is 4.79 Å². The van der Waals surface area contributed by atoms with Crippen molar-refractivity contribution in [2.75, 3.05) is 18.4 Å². The van der Waals surface area contributed by atoms with E-state index in [0.29, 0.717) is 23.8 Å². The van der Waals surface area contributed by atoms with E-state index >= 15 is 0 Å². The van der Waals surface area contributed by atoms with E-state index in [-0.39, 0.29) is 16.5 Å². The highest BCUT2D eigenvalue weighted by Gasteiger charge is 2.25. The molecule has 0 bridgehead atoms. The molecule has 1 aromatic carbocycles. The number of sulfonamides is 1. The second-order valence-corrected chi connectivity index (χ2v) is 8.18. The number of benzene rings is 1. The van der Waals surface area contributed by atoms with Gasteiger partial charge in [0.25, 0.3) is 5.91 Å². The monoisotopic (exact) mass is 379 g/mol. The van der Waals surface area contributed by atoms with Gasteiger partial charge >= 0.3 is 0 Å². The van der Waals surface area contributed by atoms with E-state index in [0.717, 1.165) is 19.3 Å². The van der Waals surface area contributed by atoms with Crippen LogP contribution in [0.3, 0.4) is 0 Å². The number of nitrogens with one attached hydrogen (secondary N) is 1. The zero-order valence-corrected chi connectivity index (χ0v) is 15.1. The van der Waals surface area contributed by atoms with Crippen molar-refractivity contribution in [3.8, 4) is 0 Å². The Bertz CT molecular complexity index is 846. The molecule has 1 amide bonds. The SMILES string of the molecule is O=C(Nc1ccc(S(=O)(=O)N2CCCCC2)cc1)c1ccc(Cl)cn1. The predicted molar refractivity (Wildman–Crippen MR) is 96.3 cm³/mol. The maximum atomic E-state index is 12.6. The summed E-state index contributed by atoms with van der Waals surface area (Å²) >= 11 is 5.75. The fraction of sp³-hybridized carbons (Fsp3) is 0.294. The van der Waals surface area contributed by atoms with E-state index in [2.05, 4.69) is 10.3 Å². The molecule has 0 aliphatic carbocycles. The number of amides is 1. The maximum absolute atomic E-state index is 12.6. The minimum Gasteiger partial charge on any atom is -0.321 e. The molecule has 25 heavy (non-hydrogen) atoms. The summed E-state index contributed by atoms with van der Waals surface area (Å²) < 4.78 is 26.7. The van der Waals surface area contributed by atoms with Crippen LogP contribution in [0.25, 0.3) is 0 Å². The third-order valence-electron chi connectivity index (χ3n) is 4.03. The molecule has 1 aliphatic heterocycles. The summed E-state index contributed by atoms with van der Waals surface area (Å²) in [6.07, 6.45) is 4.24. The van der Waals surface area contributed by atoms with Crippen LogP contribution in [0.1, 0.15) is 29.8 Å². The highest BCUT2D eigenvalue weighted by atomic mass is 35.5. The van der Waals surface area contributed by atoms with Crippen LogP contribution in [-0.4, -0.2) is 36.7 Å². The molecule has 0 saturated carbocycles. The molecule has 3 rings (SSSR count). The molecule has 8 heteroatoms. The number of anilines is 1. The summed E-state index contributed by atoms with van der Waals surface area (Å²) in [5, 5.41) is 3.13. The molecule has 0 atom stereocenters. The number of halogens is 1. The first kappa shape index (κ1) is 17.8. The molecule has 6 nitrogen and oxygen atoms in total. The lowest BCUT2D eigenvalue weighted by Crippen LogP contribution is -2.35. The Morgan fingerprint density at radius 1 is 1.04 bits per heavy atom. The normalized spacial score (nSPS) is 15.7. The van der Waals surface area contributed by atoms with Crippen molar-refractivity contribution in [3.63, 3.8) is 0 Å². The summed E-state index contributed by atoms with van der Waals surface area (Å²) in [7, 11) is -3.47. The van der Waals surface area contributed by atoms with Crippen molar-refractivity contribution in [1.29, 1.82) is 0 Å². The first-order valence-electron chi connectivity index (χ1n) is 8.00. The minimum atomic E-state index is -3.47. The Morgan fingerprint density at radius 3 is 2.32 bits per heavy atom. The maximum Gasteiger partial charge on any atom is 0.274 e. The molecule has 1 saturated heterocycles. The second kappa shape index (κ2) is 7.51. The number of aromatic nitrogens is 1. The number of nitrogens with zero attached hydrogens (tertiary/aromatic N) is 2. The van der Waals surface area contributed by atoms with Gasteiger partial charge in [-0.1, -0.05) is 18.0 Å². The molecular weight excluding hydrogens is 362 g/mol. The van der Waals surface area contributed by atoms with Gasteiger partial charge in [0.05, 0.1) is 9.92 Å². The van der Waals surface area contributed by atoms with Gasteiger partial charge in [-0.05, 0) is 49.2 Å². The molecule has 1 aliphatic rings. The number of piperidine rings is 1. The van der Waals surface area contributed by atoms with Crippen LogP contribution in [0, 0.1) is 0 Å². The van der Waals surface area contributed by atoms with Crippen LogP contribution in [0.5, 0.6) is 0 Å². The molecule has 2 aromatic rings. The van der Waals surface area contributed by atoms with Gasteiger partial charge in [0.15, 0.2) is 0 Å². The Kier molecular flexibility index (Phi) is 5.36. The molecule has 0 unspecified atom stereocenters. The van der Waals surface area contributed by atoms with Crippen LogP contribution >= 0.6 is 11.6 Å². The van der Waals surface area contributed by atoms with Crippen molar-refractivity contribution in [3.05, 3.63) is 53.3 Å². The molecule has 1 N–H and O–H groups in total. The van der Waals surface area contributed by atoms with E-state index in [9.17, 15) is 13.2 Å². The fourth-order valence-electron chi connectivity index (χ4n) is 2.67. The van der Waals surface area contributed by atoms with Crippen molar-refractivity contribution in [1.82, 2.24) is 9.29 Å². The lowest BCUT2D eigenvalue weighted by Gasteiger charge is -2.25. The predicted octanol–water partition coefficient (Wildman–Crippen LogP) is 3.16. The summed E-state index contributed by atoms with van der Waals surface area (Å²) in [5.74, 6) is -0.386. The summed E-state index contributed by atoms with van der Waals surface area (Å²) in [6, 6.07) is 9.27. The van der Waals surface area contributed by atoms with Gasteiger partial charge in [-0.15, -0.1) is 0 Å². The molecule has 0 spiro atoms. The second-order valence-electron chi connectivity index (χ2n) is 5.80. The molecule has 132 valence electrons. The molecule has 1 fully saturated rings. The zero-order valence-electron chi connectivity index (χ0n) is 13.5. The number of carbonyl (C=O) groups is 1. The van der Waals surface area contributed by atoms with Crippen LogP contribution < -0.4 is 5.32 Å².